The molecular formula is C13H18N4O2S. The van der Waals surface area contributed by atoms with Gasteiger partial charge in [0.25, 0.3) is 0 Å². The molecule has 2 aromatic rings. The van der Waals surface area contributed by atoms with E-state index in [2.05, 4.69) is 17.3 Å². The van der Waals surface area contributed by atoms with E-state index < -0.39 is 10.0 Å². The van der Waals surface area contributed by atoms with Crippen molar-refractivity contribution in [2.75, 3.05) is 0 Å². The molecule has 0 aliphatic rings. The van der Waals surface area contributed by atoms with Crippen LogP contribution in [0.25, 0.3) is 0 Å². The first kappa shape index (κ1) is 14.7. The number of sulfonamides is 1. The molecule has 6 nitrogen and oxygen atoms in total. The summed E-state index contributed by atoms with van der Waals surface area (Å²) in [5, 5.41) is 12.5. The average Bonchev–Trinajstić information content (AvgIpc) is 2.82. The van der Waals surface area contributed by atoms with Crippen LogP contribution < -0.4 is 10.5 Å². The Balaban J connectivity index is 1.97. The molecule has 1 aromatic carbocycles. The Morgan fingerprint density at radius 2 is 2.00 bits per heavy atom. The lowest BCUT2D eigenvalue weighted by Crippen LogP contribution is -2.18. The lowest BCUT2D eigenvalue weighted by atomic mass is 10.1. The number of nitrogens with zero attached hydrogens (tertiary/aromatic N) is 2. The summed E-state index contributed by atoms with van der Waals surface area (Å²) < 4.78 is 24.1. The van der Waals surface area contributed by atoms with Gasteiger partial charge in [0.1, 0.15) is 0 Å². The van der Waals surface area contributed by atoms with Crippen molar-refractivity contribution < 1.29 is 8.42 Å². The summed E-state index contributed by atoms with van der Waals surface area (Å²) in [7, 11) is -1.75. The van der Waals surface area contributed by atoms with E-state index in [1.165, 1.54) is 12.1 Å². The molecule has 20 heavy (non-hydrogen) atoms. The van der Waals surface area contributed by atoms with E-state index in [9.17, 15) is 8.42 Å². The van der Waals surface area contributed by atoms with Gasteiger partial charge in [0.2, 0.25) is 10.0 Å². The molecule has 0 saturated heterocycles. The van der Waals surface area contributed by atoms with Crippen molar-refractivity contribution in [3.8, 4) is 0 Å². The normalized spacial score (nSPS) is 13.3. The van der Waals surface area contributed by atoms with E-state index >= 15 is 0 Å². The number of benzene rings is 1. The molecule has 0 saturated carbocycles. The maximum Gasteiger partial charge on any atom is 0.238 e. The number of hydrogen-bond acceptors (Lipinski definition) is 4. The van der Waals surface area contributed by atoms with Gasteiger partial charge in [-0.1, -0.05) is 12.1 Å². The number of aryl methyl sites for hydroxylation is 1. The van der Waals surface area contributed by atoms with Crippen LogP contribution in [0.3, 0.4) is 0 Å². The van der Waals surface area contributed by atoms with Crippen molar-refractivity contribution in [1.29, 1.82) is 0 Å². The smallest absolute Gasteiger partial charge is 0.238 e. The van der Waals surface area contributed by atoms with E-state index in [4.69, 9.17) is 5.14 Å². The Morgan fingerprint density at radius 3 is 2.50 bits per heavy atom. The van der Waals surface area contributed by atoms with Gasteiger partial charge in [0.05, 0.1) is 11.1 Å². The number of primary sulfonamides is 1. The molecule has 0 aliphatic heterocycles. The van der Waals surface area contributed by atoms with Gasteiger partial charge < -0.3 is 5.32 Å². The van der Waals surface area contributed by atoms with E-state index in [0.717, 1.165) is 11.1 Å². The van der Waals surface area contributed by atoms with Crippen LogP contribution >= 0.6 is 0 Å². The monoisotopic (exact) mass is 294 g/mol. The molecule has 1 aromatic heterocycles. The molecule has 1 heterocycles. The number of nitrogens with one attached hydrogen (secondary N) is 1. The quantitative estimate of drug-likeness (QED) is 0.858. The Labute approximate surface area is 118 Å². The number of hydrogen-bond donors (Lipinski definition) is 2. The fourth-order valence-electron chi connectivity index (χ4n) is 1.85. The number of rotatable bonds is 5. The zero-order chi connectivity index (χ0) is 14.8. The van der Waals surface area contributed by atoms with Gasteiger partial charge in [-0.3, -0.25) is 4.68 Å². The van der Waals surface area contributed by atoms with Crippen LogP contribution in [0.4, 0.5) is 0 Å². The summed E-state index contributed by atoms with van der Waals surface area (Å²) >= 11 is 0. The Kier molecular flexibility index (Phi) is 4.22. The van der Waals surface area contributed by atoms with Gasteiger partial charge in [-0.05, 0) is 24.6 Å². The minimum atomic E-state index is -3.62. The van der Waals surface area contributed by atoms with Gasteiger partial charge in [0, 0.05) is 31.4 Å². The Bertz CT molecular complexity index is 677. The van der Waals surface area contributed by atoms with Crippen LogP contribution in [-0.2, 0) is 23.6 Å². The molecule has 1 unspecified atom stereocenters. The van der Waals surface area contributed by atoms with Gasteiger partial charge in [-0.25, -0.2) is 13.6 Å². The lowest BCUT2D eigenvalue weighted by Gasteiger charge is -2.12. The predicted octanol–water partition coefficient (Wildman–Crippen LogP) is 0.918. The molecule has 3 N–H and O–H groups in total. The topological polar surface area (TPSA) is 90.0 Å². The lowest BCUT2D eigenvalue weighted by molar-refractivity contribution is 0.573. The standard InChI is InChI=1S/C13H18N4O2S/c1-10(12-8-16-17(2)9-12)15-7-11-3-5-13(6-4-11)20(14,18)19/h3-6,8-10,15H,7H2,1-2H3,(H2,14,18,19). The highest BCUT2D eigenvalue weighted by Crippen LogP contribution is 2.13. The minimum absolute atomic E-state index is 0.126. The van der Waals surface area contributed by atoms with Crippen molar-refractivity contribution >= 4 is 10.0 Å². The SMILES string of the molecule is CC(NCc1ccc(S(N)(=O)=O)cc1)c1cnn(C)c1. The highest BCUT2D eigenvalue weighted by molar-refractivity contribution is 7.89. The van der Waals surface area contributed by atoms with Crippen molar-refractivity contribution in [3.63, 3.8) is 0 Å². The second-order valence-corrected chi connectivity index (χ2v) is 6.30. The molecule has 0 radical (unpaired) electrons. The van der Waals surface area contributed by atoms with Crippen LogP contribution in [0.2, 0.25) is 0 Å². The van der Waals surface area contributed by atoms with Crippen LogP contribution in [0.15, 0.2) is 41.6 Å². The zero-order valence-electron chi connectivity index (χ0n) is 11.4. The fourth-order valence-corrected chi connectivity index (χ4v) is 2.36. The van der Waals surface area contributed by atoms with Gasteiger partial charge >= 0.3 is 0 Å². The molecule has 2 rings (SSSR count). The molecule has 108 valence electrons. The molecule has 0 amide bonds. The second-order valence-electron chi connectivity index (χ2n) is 4.74. The predicted molar refractivity (Wildman–Crippen MR) is 76.3 cm³/mol. The third kappa shape index (κ3) is 3.66. The minimum Gasteiger partial charge on any atom is -0.306 e. The van der Waals surface area contributed by atoms with Crippen molar-refractivity contribution in [1.82, 2.24) is 15.1 Å². The van der Waals surface area contributed by atoms with Crippen molar-refractivity contribution in [3.05, 3.63) is 47.8 Å². The summed E-state index contributed by atoms with van der Waals surface area (Å²) in [5.74, 6) is 0. The molecule has 1 atom stereocenters. The van der Waals surface area contributed by atoms with Gasteiger partial charge in [0.15, 0.2) is 0 Å². The maximum atomic E-state index is 11.2. The molecule has 7 heteroatoms. The zero-order valence-corrected chi connectivity index (χ0v) is 12.3. The summed E-state index contributed by atoms with van der Waals surface area (Å²) in [6, 6.07) is 6.70. The highest BCUT2D eigenvalue weighted by Gasteiger charge is 2.09. The molecule has 0 fully saturated rings. The van der Waals surface area contributed by atoms with Crippen LogP contribution in [0.1, 0.15) is 24.1 Å². The molecule has 0 bridgehead atoms. The van der Waals surface area contributed by atoms with Crippen LogP contribution in [0.5, 0.6) is 0 Å². The van der Waals surface area contributed by atoms with Crippen molar-refractivity contribution in [2.24, 2.45) is 12.2 Å². The second kappa shape index (κ2) is 5.74. The first-order valence-corrected chi connectivity index (χ1v) is 7.74. The first-order valence-electron chi connectivity index (χ1n) is 6.20. The summed E-state index contributed by atoms with van der Waals surface area (Å²) in [4.78, 5) is 0.126. The third-order valence-electron chi connectivity index (χ3n) is 3.09. The third-order valence-corrected chi connectivity index (χ3v) is 4.02. The molecule has 0 spiro atoms. The number of nitrogens with two attached hydrogens (primary N) is 1. The first-order chi connectivity index (χ1) is 9.36. The van der Waals surface area contributed by atoms with E-state index in [1.807, 2.05) is 19.4 Å². The van der Waals surface area contributed by atoms with E-state index in [0.29, 0.717) is 6.54 Å². The van der Waals surface area contributed by atoms with E-state index in [-0.39, 0.29) is 10.9 Å². The average molecular weight is 294 g/mol. The van der Waals surface area contributed by atoms with E-state index in [1.54, 1.807) is 16.8 Å². The highest BCUT2D eigenvalue weighted by atomic mass is 32.2. The number of aromatic nitrogens is 2. The van der Waals surface area contributed by atoms with Crippen LogP contribution in [0, 0.1) is 0 Å². The van der Waals surface area contributed by atoms with Crippen LogP contribution in [-0.4, -0.2) is 18.2 Å². The van der Waals surface area contributed by atoms with Gasteiger partial charge in [-0.15, -0.1) is 0 Å². The summed E-state index contributed by atoms with van der Waals surface area (Å²) in [6.45, 7) is 2.69. The molecule has 0 aliphatic carbocycles. The largest absolute Gasteiger partial charge is 0.306 e. The maximum absolute atomic E-state index is 11.2. The molecular weight excluding hydrogens is 276 g/mol. The van der Waals surface area contributed by atoms with Crippen molar-refractivity contribution in [2.45, 2.75) is 24.4 Å². The fraction of sp³-hybridized carbons (Fsp3) is 0.308. The summed E-state index contributed by atoms with van der Waals surface area (Å²) in [6.07, 6.45) is 3.78. The Morgan fingerprint density at radius 1 is 1.35 bits per heavy atom. The summed E-state index contributed by atoms with van der Waals surface area (Å²) in [5.41, 5.74) is 2.10. The van der Waals surface area contributed by atoms with Gasteiger partial charge in [-0.2, -0.15) is 5.10 Å². The Hall–Kier alpha value is -1.70.